The maximum absolute atomic E-state index is 11.9. The highest BCUT2D eigenvalue weighted by Gasteiger charge is 2.31. The van der Waals surface area contributed by atoms with Gasteiger partial charge in [-0.25, -0.2) is 12.7 Å². The minimum Gasteiger partial charge on any atom is -0.380 e. The standard InChI is InChI=1S/C13H20N2O2S/c1-13(9-4-10-13)14-11-5-7-12(8-6-11)18(16,17)15(2)3/h5-8,14H,4,9-10H2,1-3H3. The van der Waals surface area contributed by atoms with Crippen molar-refractivity contribution in [2.24, 2.45) is 0 Å². The normalized spacial score (nSPS) is 18.4. The quantitative estimate of drug-likeness (QED) is 0.911. The molecular formula is C13H20N2O2S. The third-order valence-corrected chi connectivity index (χ3v) is 5.37. The van der Waals surface area contributed by atoms with Gasteiger partial charge in [-0.2, -0.15) is 0 Å². The van der Waals surface area contributed by atoms with Gasteiger partial charge in [-0.3, -0.25) is 0 Å². The van der Waals surface area contributed by atoms with Gasteiger partial charge in [-0.1, -0.05) is 0 Å². The van der Waals surface area contributed by atoms with Crippen LogP contribution in [0.3, 0.4) is 0 Å². The van der Waals surface area contributed by atoms with Gasteiger partial charge >= 0.3 is 0 Å². The zero-order chi connectivity index (χ0) is 13.4. The highest BCUT2D eigenvalue weighted by Crippen LogP contribution is 2.34. The van der Waals surface area contributed by atoms with Crippen molar-refractivity contribution in [2.75, 3.05) is 19.4 Å². The van der Waals surface area contributed by atoms with Crippen molar-refractivity contribution in [3.8, 4) is 0 Å². The van der Waals surface area contributed by atoms with E-state index in [0.29, 0.717) is 4.90 Å². The Morgan fingerprint density at radius 1 is 1.17 bits per heavy atom. The molecule has 1 fully saturated rings. The van der Waals surface area contributed by atoms with Crippen LogP contribution in [0.1, 0.15) is 26.2 Å². The van der Waals surface area contributed by atoms with Crippen molar-refractivity contribution >= 4 is 15.7 Å². The number of rotatable bonds is 4. The Morgan fingerprint density at radius 2 is 1.72 bits per heavy atom. The molecule has 0 heterocycles. The van der Waals surface area contributed by atoms with Crippen LogP contribution >= 0.6 is 0 Å². The Kier molecular flexibility index (Phi) is 3.38. The monoisotopic (exact) mass is 268 g/mol. The Hall–Kier alpha value is -1.07. The summed E-state index contributed by atoms with van der Waals surface area (Å²) in [6.07, 6.45) is 3.60. The molecule has 1 aliphatic carbocycles. The summed E-state index contributed by atoms with van der Waals surface area (Å²) in [6, 6.07) is 6.97. The summed E-state index contributed by atoms with van der Waals surface area (Å²) in [7, 11) is -0.246. The molecule has 0 amide bonds. The predicted molar refractivity (Wildman–Crippen MR) is 73.2 cm³/mol. The lowest BCUT2D eigenvalue weighted by atomic mass is 9.78. The zero-order valence-corrected chi connectivity index (χ0v) is 11.9. The summed E-state index contributed by atoms with van der Waals surface area (Å²) in [6.45, 7) is 2.20. The Morgan fingerprint density at radius 3 is 2.11 bits per heavy atom. The van der Waals surface area contributed by atoms with Crippen molar-refractivity contribution in [3.63, 3.8) is 0 Å². The second-order valence-corrected chi connectivity index (χ2v) is 7.50. The molecule has 1 aromatic rings. The molecule has 4 nitrogen and oxygen atoms in total. The average molecular weight is 268 g/mol. The third kappa shape index (κ3) is 2.52. The van der Waals surface area contributed by atoms with E-state index in [9.17, 15) is 8.42 Å². The summed E-state index contributed by atoms with van der Waals surface area (Å²) in [5, 5.41) is 3.45. The van der Waals surface area contributed by atoms with Crippen molar-refractivity contribution in [2.45, 2.75) is 36.6 Å². The highest BCUT2D eigenvalue weighted by atomic mass is 32.2. The second-order valence-electron chi connectivity index (χ2n) is 5.35. The summed E-state index contributed by atoms with van der Waals surface area (Å²) in [5.74, 6) is 0. The molecule has 1 N–H and O–H groups in total. The van der Waals surface area contributed by atoms with Gasteiger partial charge in [0.1, 0.15) is 0 Å². The first-order valence-corrected chi connectivity index (χ1v) is 7.58. The molecule has 0 radical (unpaired) electrons. The molecular weight excluding hydrogens is 248 g/mol. The molecule has 5 heteroatoms. The van der Waals surface area contributed by atoms with Crippen LogP contribution in [-0.2, 0) is 10.0 Å². The Bertz CT molecular complexity index is 516. The van der Waals surface area contributed by atoms with Crippen LogP contribution in [0.5, 0.6) is 0 Å². The first kappa shape index (κ1) is 13.4. The molecule has 1 saturated carbocycles. The van der Waals surface area contributed by atoms with Crippen LogP contribution in [-0.4, -0.2) is 32.4 Å². The van der Waals surface area contributed by atoms with Gasteiger partial charge in [0.25, 0.3) is 0 Å². The third-order valence-electron chi connectivity index (χ3n) is 3.54. The van der Waals surface area contributed by atoms with Crippen LogP contribution in [0.2, 0.25) is 0 Å². The summed E-state index contributed by atoms with van der Waals surface area (Å²) < 4.78 is 25.0. The number of hydrogen-bond acceptors (Lipinski definition) is 3. The number of hydrogen-bond donors (Lipinski definition) is 1. The fraction of sp³-hybridized carbons (Fsp3) is 0.538. The van der Waals surface area contributed by atoms with Crippen molar-refractivity contribution < 1.29 is 8.42 Å². The molecule has 0 atom stereocenters. The van der Waals surface area contributed by atoms with E-state index in [1.54, 1.807) is 12.1 Å². The van der Waals surface area contributed by atoms with Crippen LogP contribution < -0.4 is 5.32 Å². The molecule has 0 aliphatic heterocycles. The molecule has 2 rings (SSSR count). The summed E-state index contributed by atoms with van der Waals surface area (Å²) >= 11 is 0. The lowest BCUT2D eigenvalue weighted by molar-refractivity contribution is 0.306. The first-order valence-electron chi connectivity index (χ1n) is 6.14. The summed E-state index contributed by atoms with van der Waals surface area (Å²) in [4.78, 5) is 0.330. The van der Waals surface area contributed by atoms with E-state index in [1.807, 2.05) is 12.1 Å². The van der Waals surface area contributed by atoms with E-state index in [-0.39, 0.29) is 5.54 Å². The summed E-state index contributed by atoms with van der Waals surface area (Å²) in [5.41, 5.74) is 1.16. The number of nitrogens with one attached hydrogen (secondary N) is 1. The van der Waals surface area contributed by atoms with Gasteiger partial charge in [0, 0.05) is 25.3 Å². The minimum atomic E-state index is -3.32. The fourth-order valence-corrected chi connectivity index (χ4v) is 3.00. The van der Waals surface area contributed by atoms with E-state index in [2.05, 4.69) is 12.2 Å². The minimum absolute atomic E-state index is 0.182. The maximum atomic E-state index is 11.9. The first-order chi connectivity index (χ1) is 8.33. The highest BCUT2D eigenvalue weighted by molar-refractivity contribution is 7.89. The van der Waals surface area contributed by atoms with E-state index >= 15 is 0 Å². The van der Waals surface area contributed by atoms with Gasteiger partial charge in [-0.05, 0) is 50.5 Å². The Labute approximate surface area is 109 Å². The van der Waals surface area contributed by atoms with E-state index < -0.39 is 10.0 Å². The molecule has 0 bridgehead atoms. The number of nitrogens with zero attached hydrogens (tertiary/aromatic N) is 1. The molecule has 100 valence electrons. The SMILES string of the molecule is CN(C)S(=O)(=O)c1ccc(NC2(C)CCC2)cc1. The van der Waals surface area contributed by atoms with Gasteiger partial charge in [0.05, 0.1) is 4.90 Å². The van der Waals surface area contributed by atoms with Gasteiger partial charge in [0.15, 0.2) is 0 Å². The van der Waals surface area contributed by atoms with Crippen molar-refractivity contribution in [3.05, 3.63) is 24.3 Å². The topological polar surface area (TPSA) is 49.4 Å². The smallest absolute Gasteiger partial charge is 0.242 e. The van der Waals surface area contributed by atoms with E-state index in [4.69, 9.17) is 0 Å². The van der Waals surface area contributed by atoms with Crippen molar-refractivity contribution in [1.82, 2.24) is 4.31 Å². The Balaban J connectivity index is 2.15. The van der Waals surface area contributed by atoms with Gasteiger partial charge < -0.3 is 5.32 Å². The van der Waals surface area contributed by atoms with Crippen LogP contribution in [0.4, 0.5) is 5.69 Å². The van der Waals surface area contributed by atoms with E-state index in [0.717, 1.165) is 5.69 Å². The molecule has 1 aliphatic rings. The average Bonchev–Trinajstić information content (AvgIpc) is 2.27. The molecule has 0 saturated heterocycles. The predicted octanol–water partition coefficient (Wildman–Crippen LogP) is 2.29. The van der Waals surface area contributed by atoms with E-state index in [1.165, 1.54) is 37.7 Å². The number of sulfonamides is 1. The molecule has 18 heavy (non-hydrogen) atoms. The van der Waals surface area contributed by atoms with Crippen LogP contribution in [0.15, 0.2) is 29.2 Å². The second kappa shape index (κ2) is 4.55. The molecule has 0 spiro atoms. The molecule has 0 aromatic heterocycles. The number of anilines is 1. The van der Waals surface area contributed by atoms with Gasteiger partial charge in [-0.15, -0.1) is 0 Å². The lowest BCUT2D eigenvalue weighted by Gasteiger charge is -2.40. The fourth-order valence-electron chi connectivity index (χ4n) is 2.10. The molecule has 0 unspecified atom stereocenters. The molecule has 1 aromatic carbocycles. The van der Waals surface area contributed by atoms with Gasteiger partial charge in [0.2, 0.25) is 10.0 Å². The maximum Gasteiger partial charge on any atom is 0.242 e. The largest absolute Gasteiger partial charge is 0.380 e. The number of benzene rings is 1. The van der Waals surface area contributed by atoms with Crippen molar-refractivity contribution in [1.29, 1.82) is 0 Å². The van der Waals surface area contributed by atoms with Crippen LogP contribution in [0.25, 0.3) is 0 Å². The van der Waals surface area contributed by atoms with Crippen LogP contribution in [0, 0.1) is 0 Å². The zero-order valence-electron chi connectivity index (χ0n) is 11.1. The lowest BCUT2D eigenvalue weighted by Crippen LogP contribution is -2.41.